The third-order valence-corrected chi connectivity index (χ3v) is 3.10. The molecule has 1 saturated carbocycles. The van der Waals surface area contributed by atoms with Gasteiger partial charge in [0.25, 0.3) is 0 Å². The highest BCUT2D eigenvalue weighted by atomic mass is 16.2. The third kappa shape index (κ3) is 7.00. The number of unbranched alkanes of at least 4 members (excludes halogenated alkanes) is 2. The maximum absolute atomic E-state index is 11.3. The molecule has 1 rings (SSSR count). The summed E-state index contributed by atoms with van der Waals surface area (Å²) in [6.45, 7) is 0.902. The lowest BCUT2D eigenvalue weighted by atomic mass is 10.1. The molecule has 0 aromatic rings. The van der Waals surface area contributed by atoms with Gasteiger partial charge in [-0.25, -0.2) is 4.79 Å². The van der Waals surface area contributed by atoms with E-state index in [2.05, 4.69) is 16.7 Å². The van der Waals surface area contributed by atoms with Crippen LogP contribution in [0.3, 0.4) is 0 Å². The van der Waals surface area contributed by atoms with Crippen molar-refractivity contribution in [2.45, 2.75) is 44.9 Å². The predicted octanol–water partition coefficient (Wildman–Crippen LogP) is 2.15. The van der Waals surface area contributed by atoms with Crippen molar-refractivity contribution in [3.63, 3.8) is 0 Å². The summed E-state index contributed by atoms with van der Waals surface area (Å²) in [5.74, 6) is 0.653. The molecule has 0 unspecified atom stereocenters. The average Bonchev–Trinajstić information content (AvgIpc) is 2.82. The molecular weight excluding hydrogens is 216 g/mol. The van der Waals surface area contributed by atoms with E-state index in [4.69, 9.17) is 5.11 Å². The minimum absolute atomic E-state index is 0.136. The number of nitrogens with one attached hydrogen (secondary N) is 2. The maximum Gasteiger partial charge on any atom is 0.318 e. The van der Waals surface area contributed by atoms with Crippen LogP contribution in [0, 0.1) is 5.92 Å². The molecule has 4 heteroatoms. The Morgan fingerprint density at radius 1 is 1.24 bits per heavy atom. The average molecular weight is 240 g/mol. The van der Waals surface area contributed by atoms with Crippen LogP contribution in [0.1, 0.15) is 44.9 Å². The van der Waals surface area contributed by atoms with Gasteiger partial charge in [-0.1, -0.05) is 18.9 Å². The van der Waals surface area contributed by atoms with Crippen LogP contribution in [0.2, 0.25) is 0 Å². The number of aliphatic hydroxyl groups is 1. The van der Waals surface area contributed by atoms with E-state index >= 15 is 0 Å². The highest BCUT2D eigenvalue weighted by Gasteiger charge is 2.10. The molecule has 1 fully saturated rings. The molecule has 1 aliphatic rings. The smallest absolute Gasteiger partial charge is 0.318 e. The number of carbonyl (C=O) groups is 1. The van der Waals surface area contributed by atoms with E-state index in [1.165, 1.54) is 25.7 Å². The van der Waals surface area contributed by atoms with Gasteiger partial charge in [-0.2, -0.15) is 0 Å². The Morgan fingerprint density at radius 3 is 2.71 bits per heavy atom. The van der Waals surface area contributed by atoms with Crippen LogP contribution in [-0.2, 0) is 0 Å². The summed E-state index contributed by atoms with van der Waals surface area (Å²) in [6, 6.07) is -0.136. The van der Waals surface area contributed by atoms with Gasteiger partial charge in [-0.15, -0.1) is 0 Å². The first-order valence-corrected chi connectivity index (χ1v) is 6.65. The fourth-order valence-electron chi connectivity index (χ4n) is 2.08. The fraction of sp³-hybridized carbons (Fsp3) is 0.769. The molecule has 0 aliphatic heterocycles. The summed E-state index contributed by atoms with van der Waals surface area (Å²) >= 11 is 0. The Labute approximate surface area is 103 Å². The Hall–Kier alpha value is -1.03. The molecule has 0 heterocycles. The Balaban J connectivity index is 1.96. The van der Waals surface area contributed by atoms with E-state index in [-0.39, 0.29) is 12.6 Å². The number of urea groups is 1. The molecule has 0 aromatic heterocycles. The lowest BCUT2D eigenvalue weighted by molar-refractivity contribution is 0.243. The second kappa shape index (κ2) is 9.05. The molecule has 0 bridgehead atoms. The standard InChI is InChI=1S/C13H24N2O2/c16-11-5-1-4-9-14-13(17)15-10-8-12-6-2-3-7-12/h8,10,12,16H,1-7,9,11H2,(H2,14,15,17)/b10-8+. The van der Waals surface area contributed by atoms with E-state index in [1.807, 2.05) is 0 Å². The number of hydrogen-bond donors (Lipinski definition) is 3. The molecule has 4 nitrogen and oxygen atoms in total. The zero-order valence-electron chi connectivity index (χ0n) is 10.5. The van der Waals surface area contributed by atoms with Gasteiger partial charge in [0.05, 0.1) is 0 Å². The van der Waals surface area contributed by atoms with Crippen LogP contribution in [0.5, 0.6) is 0 Å². The van der Waals surface area contributed by atoms with Crippen molar-refractivity contribution in [2.24, 2.45) is 5.92 Å². The van der Waals surface area contributed by atoms with Gasteiger partial charge < -0.3 is 15.7 Å². The van der Waals surface area contributed by atoms with Crippen molar-refractivity contribution in [3.8, 4) is 0 Å². The highest BCUT2D eigenvalue weighted by molar-refractivity contribution is 5.74. The number of carbonyl (C=O) groups excluding carboxylic acids is 1. The lowest BCUT2D eigenvalue weighted by Crippen LogP contribution is -2.32. The quantitative estimate of drug-likeness (QED) is 0.597. The van der Waals surface area contributed by atoms with Crippen molar-refractivity contribution in [2.75, 3.05) is 13.2 Å². The molecule has 1 aliphatic carbocycles. The summed E-state index contributed by atoms with van der Waals surface area (Å²) in [5, 5.41) is 14.1. The van der Waals surface area contributed by atoms with Crippen LogP contribution in [0.4, 0.5) is 4.79 Å². The molecule has 98 valence electrons. The topological polar surface area (TPSA) is 61.4 Å². The maximum atomic E-state index is 11.3. The number of rotatable bonds is 7. The molecule has 0 aromatic carbocycles. The first-order chi connectivity index (χ1) is 8.33. The van der Waals surface area contributed by atoms with E-state index < -0.39 is 0 Å². The van der Waals surface area contributed by atoms with Gasteiger partial charge in [-0.3, -0.25) is 0 Å². The molecule has 3 N–H and O–H groups in total. The molecular formula is C13H24N2O2. The van der Waals surface area contributed by atoms with Crippen LogP contribution >= 0.6 is 0 Å². The summed E-state index contributed by atoms with van der Waals surface area (Å²) < 4.78 is 0. The number of hydrogen-bond acceptors (Lipinski definition) is 2. The van der Waals surface area contributed by atoms with Crippen molar-refractivity contribution in [1.29, 1.82) is 0 Å². The summed E-state index contributed by atoms with van der Waals surface area (Å²) in [7, 11) is 0. The van der Waals surface area contributed by atoms with Gasteiger partial charge in [0, 0.05) is 19.4 Å². The molecule has 0 spiro atoms. The van der Waals surface area contributed by atoms with Crippen LogP contribution in [-0.4, -0.2) is 24.3 Å². The molecule has 2 amide bonds. The van der Waals surface area contributed by atoms with E-state index in [9.17, 15) is 4.79 Å². The SMILES string of the molecule is O=C(N/C=C/C1CCCC1)NCCCCCO. The summed E-state index contributed by atoms with van der Waals surface area (Å²) in [5.41, 5.74) is 0. The Bertz CT molecular complexity index is 236. The Morgan fingerprint density at radius 2 is 2.00 bits per heavy atom. The monoisotopic (exact) mass is 240 g/mol. The van der Waals surface area contributed by atoms with E-state index in [0.717, 1.165) is 19.3 Å². The second-order valence-electron chi connectivity index (χ2n) is 4.59. The lowest BCUT2D eigenvalue weighted by Gasteiger charge is -2.05. The zero-order valence-corrected chi connectivity index (χ0v) is 10.5. The van der Waals surface area contributed by atoms with Gasteiger partial charge in [0.1, 0.15) is 0 Å². The predicted molar refractivity (Wildman–Crippen MR) is 68.6 cm³/mol. The normalized spacial score (nSPS) is 16.5. The first kappa shape index (κ1) is 14.0. The van der Waals surface area contributed by atoms with E-state index in [0.29, 0.717) is 12.5 Å². The van der Waals surface area contributed by atoms with Crippen LogP contribution in [0.25, 0.3) is 0 Å². The van der Waals surface area contributed by atoms with Crippen molar-refractivity contribution in [3.05, 3.63) is 12.3 Å². The largest absolute Gasteiger partial charge is 0.396 e. The van der Waals surface area contributed by atoms with Crippen molar-refractivity contribution >= 4 is 6.03 Å². The Kier molecular flexibility index (Phi) is 7.47. The zero-order chi connectivity index (χ0) is 12.3. The minimum Gasteiger partial charge on any atom is -0.396 e. The van der Waals surface area contributed by atoms with Crippen molar-refractivity contribution in [1.82, 2.24) is 10.6 Å². The highest BCUT2D eigenvalue weighted by Crippen LogP contribution is 2.25. The third-order valence-electron chi connectivity index (χ3n) is 3.10. The summed E-state index contributed by atoms with van der Waals surface area (Å²) in [6.07, 6.45) is 11.7. The van der Waals surface area contributed by atoms with E-state index in [1.54, 1.807) is 6.20 Å². The fourth-order valence-corrected chi connectivity index (χ4v) is 2.08. The number of allylic oxidation sites excluding steroid dienone is 1. The van der Waals surface area contributed by atoms with Gasteiger partial charge >= 0.3 is 6.03 Å². The molecule has 0 saturated heterocycles. The molecule has 0 atom stereocenters. The second-order valence-corrected chi connectivity index (χ2v) is 4.59. The minimum atomic E-state index is -0.136. The molecule has 0 radical (unpaired) electrons. The molecule has 17 heavy (non-hydrogen) atoms. The van der Waals surface area contributed by atoms with Crippen molar-refractivity contribution < 1.29 is 9.90 Å². The summed E-state index contributed by atoms with van der Waals surface area (Å²) in [4.78, 5) is 11.3. The van der Waals surface area contributed by atoms with Gasteiger partial charge in [-0.05, 0) is 38.0 Å². The number of amides is 2. The number of aliphatic hydroxyl groups excluding tert-OH is 1. The van der Waals surface area contributed by atoms with Gasteiger partial charge in [0.15, 0.2) is 0 Å². The van der Waals surface area contributed by atoms with Gasteiger partial charge in [0.2, 0.25) is 0 Å². The van der Waals surface area contributed by atoms with Crippen LogP contribution < -0.4 is 10.6 Å². The first-order valence-electron chi connectivity index (χ1n) is 6.65. The van der Waals surface area contributed by atoms with Crippen LogP contribution in [0.15, 0.2) is 12.3 Å².